The summed E-state index contributed by atoms with van der Waals surface area (Å²) >= 11 is 6.04. The van der Waals surface area contributed by atoms with Gasteiger partial charge in [-0.1, -0.05) is 34.9 Å². The van der Waals surface area contributed by atoms with E-state index in [0.717, 1.165) is 24.8 Å². The summed E-state index contributed by atoms with van der Waals surface area (Å²) in [6, 6.07) is 6.34. The number of H-pyrrole nitrogens is 1. The molecular formula is C17H15FN4O2S4. The topological polar surface area (TPSA) is 91.2 Å². The van der Waals surface area contributed by atoms with Gasteiger partial charge in [-0.2, -0.15) is 0 Å². The molecule has 3 heterocycles. The van der Waals surface area contributed by atoms with Gasteiger partial charge in [0.1, 0.15) is 5.82 Å². The first-order valence-electron chi connectivity index (χ1n) is 8.20. The number of hydrogen-bond donors (Lipinski definition) is 2. The number of benzene rings is 1. The Kier molecular flexibility index (Phi) is 5.68. The number of aliphatic imine (C=N–C) groups is 1. The van der Waals surface area contributed by atoms with Crippen molar-refractivity contribution in [1.29, 1.82) is 0 Å². The van der Waals surface area contributed by atoms with Gasteiger partial charge >= 0.3 is 5.97 Å². The van der Waals surface area contributed by atoms with Gasteiger partial charge in [-0.15, -0.1) is 22.0 Å². The van der Waals surface area contributed by atoms with Crippen LogP contribution in [0.25, 0.3) is 10.9 Å². The van der Waals surface area contributed by atoms with Crippen molar-refractivity contribution < 1.29 is 14.3 Å². The number of fused-ring (bicyclic) bond motifs is 1. The Hall–Kier alpha value is -1.56. The third kappa shape index (κ3) is 4.07. The number of aliphatic carboxylic acids is 1. The number of hydrogen-bond acceptors (Lipinski definition) is 8. The van der Waals surface area contributed by atoms with Gasteiger partial charge in [0.25, 0.3) is 0 Å². The fourth-order valence-electron chi connectivity index (χ4n) is 2.89. The van der Waals surface area contributed by atoms with Crippen LogP contribution in [-0.2, 0) is 11.2 Å². The van der Waals surface area contributed by atoms with Crippen LogP contribution in [0.5, 0.6) is 0 Å². The van der Waals surface area contributed by atoms with E-state index in [-0.39, 0.29) is 12.2 Å². The van der Waals surface area contributed by atoms with Crippen LogP contribution < -0.4 is 0 Å². The summed E-state index contributed by atoms with van der Waals surface area (Å²) in [6.45, 7) is 0. The molecule has 1 unspecified atom stereocenters. The molecule has 1 aromatic carbocycles. The van der Waals surface area contributed by atoms with E-state index in [0.29, 0.717) is 17.0 Å². The van der Waals surface area contributed by atoms with Crippen molar-refractivity contribution >= 4 is 68.5 Å². The predicted octanol–water partition coefficient (Wildman–Crippen LogP) is 4.18. The molecule has 1 aliphatic rings. The molecule has 4 rings (SSSR count). The lowest BCUT2D eigenvalue weighted by atomic mass is 9.96. The van der Waals surface area contributed by atoms with Gasteiger partial charge in [-0.3, -0.25) is 4.99 Å². The Morgan fingerprint density at radius 1 is 1.36 bits per heavy atom. The fourth-order valence-corrected chi connectivity index (χ4v) is 6.55. The first-order valence-corrected chi connectivity index (χ1v) is 12.2. The van der Waals surface area contributed by atoms with Gasteiger partial charge in [0.05, 0.1) is 5.04 Å². The highest BCUT2D eigenvalue weighted by Crippen LogP contribution is 2.35. The minimum atomic E-state index is -1.22. The van der Waals surface area contributed by atoms with Crippen molar-refractivity contribution in [2.45, 2.75) is 20.6 Å². The molecule has 6 nitrogen and oxygen atoms in total. The molecule has 0 bridgehead atoms. The first-order chi connectivity index (χ1) is 13.5. The Balaban J connectivity index is 1.51. The van der Waals surface area contributed by atoms with Crippen LogP contribution in [0.2, 0.25) is 0 Å². The molecule has 0 spiro atoms. The maximum atomic E-state index is 13.4. The Morgan fingerprint density at radius 2 is 2.18 bits per heavy atom. The summed E-state index contributed by atoms with van der Waals surface area (Å²) in [5.41, 5.74) is 0.169. The van der Waals surface area contributed by atoms with Crippen molar-refractivity contribution in [1.82, 2.24) is 15.2 Å². The zero-order valence-electron chi connectivity index (χ0n) is 14.6. The maximum Gasteiger partial charge on any atom is 0.332 e. The van der Waals surface area contributed by atoms with Crippen LogP contribution in [0.3, 0.4) is 0 Å². The number of aromatic amines is 1. The second kappa shape index (κ2) is 8.05. The molecule has 0 aliphatic carbocycles. The second-order valence-corrected chi connectivity index (χ2v) is 10.5. The number of rotatable bonds is 7. The monoisotopic (exact) mass is 454 g/mol. The third-order valence-electron chi connectivity index (χ3n) is 4.22. The van der Waals surface area contributed by atoms with Crippen molar-refractivity contribution in [3.63, 3.8) is 0 Å². The highest BCUT2D eigenvalue weighted by atomic mass is 32.2. The number of nitrogens with zero attached hydrogens (tertiary/aromatic N) is 3. The maximum absolute atomic E-state index is 13.4. The molecule has 3 aromatic rings. The van der Waals surface area contributed by atoms with Gasteiger partial charge in [0, 0.05) is 29.1 Å². The van der Waals surface area contributed by atoms with E-state index in [9.17, 15) is 14.3 Å². The number of thioether (sulfide) groups is 3. The normalized spacial score (nSPS) is 19.3. The molecule has 0 saturated carbocycles. The average molecular weight is 455 g/mol. The molecule has 1 aliphatic heterocycles. The molecule has 0 saturated heterocycles. The molecule has 0 radical (unpaired) electrons. The molecule has 0 amide bonds. The van der Waals surface area contributed by atoms with E-state index in [2.05, 4.69) is 20.2 Å². The van der Waals surface area contributed by atoms with E-state index >= 15 is 0 Å². The highest BCUT2D eigenvalue weighted by Gasteiger charge is 2.43. The van der Waals surface area contributed by atoms with E-state index in [1.54, 1.807) is 17.8 Å². The van der Waals surface area contributed by atoms with Crippen LogP contribution >= 0.6 is 46.6 Å². The summed E-state index contributed by atoms with van der Waals surface area (Å²) in [7, 11) is 0. The van der Waals surface area contributed by atoms with Crippen LogP contribution in [0, 0.1) is 5.82 Å². The Labute approximate surface area is 176 Å². The number of aromatic nitrogens is 3. The summed E-state index contributed by atoms with van der Waals surface area (Å²) in [5, 5.41) is 19.7. The first kappa shape index (κ1) is 19.7. The highest BCUT2D eigenvalue weighted by molar-refractivity contribution is 8.16. The zero-order chi connectivity index (χ0) is 19.7. The lowest BCUT2D eigenvalue weighted by Crippen LogP contribution is -2.39. The SMILES string of the molecule is CSc1nnc(SCC2=NC(Cc3cc4ccc(F)cc4[nH]3)(C(=O)O)CS2)s1. The molecule has 28 heavy (non-hydrogen) atoms. The second-order valence-electron chi connectivity index (χ2n) is 6.16. The minimum absolute atomic E-state index is 0.231. The molecule has 0 fully saturated rings. The number of halogens is 1. The third-order valence-corrected chi connectivity index (χ3v) is 8.64. The number of carboxylic acid groups (broad SMARTS) is 1. The van der Waals surface area contributed by atoms with E-state index in [4.69, 9.17) is 0 Å². The zero-order valence-corrected chi connectivity index (χ0v) is 17.9. The van der Waals surface area contributed by atoms with Crippen molar-refractivity contribution in [3.8, 4) is 0 Å². The van der Waals surface area contributed by atoms with Crippen molar-refractivity contribution in [2.75, 3.05) is 17.8 Å². The summed E-state index contributed by atoms with van der Waals surface area (Å²) < 4.78 is 15.1. The van der Waals surface area contributed by atoms with Gasteiger partial charge in [-0.25, -0.2) is 9.18 Å². The van der Waals surface area contributed by atoms with Crippen LogP contribution in [0.4, 0.5) is 4.39 Å². The molecule has 146 valence electrons. The fraction of sp³-hybridized carbons (Fsp3) is 0.294. The summed E-state index contributed by atoms with van der Waals surface area (Å²) in [4.78, 5) is 19.7. The van der Waals surface area contributed by atoms with Crippen molar-refractivity contribution in [3.05, 3.63) is 35.8 Å². The Morgan fingerprint density at radius 3 is 2.93 bits per heavy atom. The van der Waals surface area contributed by atoms with Crippen LogP contribution in [0.15, 0.2) is 37.9 Å². The van der Waals surface area contributed by atoms with E-state index in [1.165, 1.54) is 47.0 Å². The smallest absolute Gasteiger partial charge is 0.332 e. The average Bonchev–Trinajstić information content (AvgIpc) is 3.38. The molecule has 1 atom stereocenters. The Bertz CT molecular complexity index is 1070. The largest absolute Gasteiger partial charge is 0.479 e. The number of carboxylic acids is 1. The number of carbonyl (C=O) groups is 1. The van der Waals surface area contributed by atoms with Gasteiger partial charge in [0.15, 0.2) is 14.2 Å². The minimum Gasteiger partial charge on any atom is -0.479 e. The van der Waals surface area contributed by atoms with E-state index < -0.39 is 11.5 Å². The van der Waals surface area contributed by atoms with Crippen LogP contribution in [0.1, 0.15) is 5.69 Å². The summed E-state index contributed by atoms with van der Waals surface area (Å²) in [5.74, 6) is -0.344. The lowest BCUT2D eigenvalue weighted by molar-refractivity contribution is -0.142. The standard InChI is InChI=1S/C17H15FN4O2S4/c1-25-15-21-22-16(28-15)26-7-13-20-17(8-27-13,14(23)24)6-11-4-9-2-3-10(18)5-12(9)19-11/h2-5,19H,6-8H2,1H3,(H,23,24). The predicted molar refractivity (Wildman–Crippen MR) is 115 cm³/mol. The molecule has 11 heteroatoms. The van der Waals surface area contributed by atoms with Crippen molar-refractivity contribution in [2.24, 2.45) is 4.99 Å². The molecular weight excluding hydrogens is 439 g/mol. The summed E-state index contributed by atoms with van der Waals surface area (Å²) in [6.07, 6.45) is 2.18. The molecule has 2 N–H and O–H groups in total. The number of nitrogens with one attached hydrogen (secondary N) is 1. The van der Waals surface area contributed by atoms with Gasteiger partial charge < -0.3 is 10.1 Å². The quantitative estimate of drug-likeness (QED) is 0.517. The van der Waals surface area contributed by atoms with Crippen LogP contribution in [-0.4, -0.2) is 54.6 Å². The molecule has 2 aromatic heterocycles. The van der Waals surface area contributed by atoms with Gasteiger partial charge in [0.2, 0.25) is 0 Å². The van der Waals surface area contributed by atoms with E-state index in [1.807, 2.05) is 12.3 Å². The van der Waals surface area contributed by atoms with Gasteiger partial charge in [-0.05, 0) is 35.9 Å². The lowest BCUT2D eigenvalue weighted by Gasteiger charge is -2.19.